The smallest absolute Gasteiger partial charge is 0.322 e. The molecule has 2 aliphatic heterocycles. The fourth-order valence-electron chi connectivity index (χ4n) is 4.07. The first kappa shape index (κ1) is 17.1. The number of para-hydroxylation sites is 1. The number of carbonyl (C=O) groups excluding carboxylic acids is 1. The molecular weight excluding hydrogens is 322 g/mol. The molecule has 26 heavy (non-hydrogen) atoms. The van der Waals surface area contributed by atoms with Crippen LogP contribution in [0.1, 0.15) is 29.5 Å². The minimum absolute atomic E-state index is 0.0623. The van der Waals surface area contributed by atoms with Gasteiger partial charge in [-0.25, -0.2) is 4.79 Å². The normalized spacial score (nSPS) is 18.0. The van der Waals surface area contributed by atoms with E-state index in [0.717, 1.165) is 51.1 Å². The zero-order chi connectivity index (χ0) is 17.9. The summed E-state index contributed by atoms with van der Waals surface area (Å²) in [5.41, 5.74) is 5.11. The summed E-state index contributed by atoms with van der Waals surface area (Å²) in [6.45, 7) is 6.05. The van der Waals surface area contributed by atoms with Crippen molar-refractivity contribution in [3.63, 3.8) is 0 Å². The highest BCUT2D eigenvalue weighted by Gasteiger charge is 2.27. The molecule has 2 aromatic carbocycles. The van der Waals surface area contributed by atoms with Gasteiger partial charge in [0.15, 0.2) is 0 Å². The monoisotopic (exact) mass is 349 g/mol. The van der Waals surface area contributed by atoms with Gasteiger partial charge < -0.3 is 5.32 Å². The molecular formula is C22H27N3O. The van der Waals surface area contributed by atoms with E-state index in [0.29, 0.717) is 0 Å². The zero-order valence-electron chi connectivity index (χ0n) is 15.4. The third-order valence-electron chi connectivity index (χ3n) is 5.70. The third kappa shape index (κ3) is 3.61. The summed E-state index contributed by atoms with van der Waals surface area (Å²) >= 11 is 0. The summed E-state index contributed by atoms with van der Waals surface area (Å²) < 4.78 is 0. The molecule has 2 amide bonds. The standard InChI is InChI=1S/C22H27N3O/c1-17-6-2-3-8-19(17)16-24-13-11-20(12-14-24)23-22(26)25-15-10-18-7-4-5-9-21(18)25/h2-9,20H,10-16H2,1H3,(H,23,26). The Morgan fingerprint density at radius 3 is 2.58 bits per heavy atom. The second-order valence-corrected chi connectivity index (χ2v) is 7.46. The molecule has 0 radical (unpaired) electrons. The average molecular weight is 349 g/mol. The second kappa shape index (κ2) is 7.50. The van der Waals surface area contributed by atoms with Crippen LogP contribution in [0, 0.1) is 6.92 Å². The lowest BCUT2D eigenvalue weighted by molar-refractivity contribution is 0.188. The van der Waals surface area contributed by atoms with Crippen molar-refractivity contribution < 1.29 is 4.79 Å². The van der Waals surface area contributed by atoms with Crippen LogP contribution in [-0.4, -0.2) is 36.6 Å². The van der Waals surface area contributed by atoms with Gasteiger partial charge in [-0.1, -0.05) is 42.5 Å². The maximum absolute atomic E-state index is 12.7. The van der Waals surface area contributed by atoms with Crippen LogP contribution in [-0.2, 0) is 13.0 Å². The molecule has 2 aromatic rings. The van der Waals surface area contributed by atoms with Crippen molar-refractivity contribution in [3.8, 4) is 0 Å². The summed E-state index contributed by atoms with van der Waals surface area (Å²) in [5.74, 6) is 0. The van der Waals surface area contributed by atoms with E-state index in [-0.39, 0.29) is 12.1 Å². The van der Waals surface area contributed by atoms with Crippen LogP contribution in [0.5, 0.6) is 0 Å². The molecule has 1 N–H and O–H groups in total. The topological polar surface area (TPSA) is 35.6 Å². The number of piperidine rings is 1. The van der Waals surface area contributed by atoms with Crippen LogP contribution in [0.15, 0.2) is 48.5 Å². The summed E-state index contributed by atoms with van der Waals surface area (Å²) in [4.78, 5) is 17.1. The zero-order valence-corrected chi connectivity index (χ0v) is 15.4. The minimum atomic E-state index is 0.0623. The van der Waals surface area contributed by atoms with Crippen LogP contribution in [0.25, 0.3) is 0 Å². The van der Waals surface area contributed by atoms with Crippen molar-refractivity contribution in [2.24, 2.45) is 0 Å². The maximum atomic E-state index is 12.7. The molecule has 0 aromatic heterocycles. The van der Waals surface area contributed by atoms with Crippen molar-refractivity contribution in [2.75, 3.05) is 24.5 Å². The van der Waals surface area contributed by atoms with Crippen molar-refractivity contribution in [1.29, 1.82) is 0 Å². The lowest BCUT2D eigenvalue weighted by atomic mass is 10.0. The number of rotatable bonds is 3. The highest BCUT2D eigenvalue weighted by atomic mass is 16.2. The van der Waals surface area contributed by atoms with Crippen LogP contribution >= 0.6 is 0 Å². The van der Waals surface area contributed by atoms with Crippen LogP contribution < -0.4 is 10.2 Å². The van der Waals surface area contributed by atoms with E-state index in [4.69, 9.17) is 0 Å². The molecule has 0 bridgehead atoms. The average Bonchev–Trinajstić information content (AvgIpc) is 3.09. The van der Waals surface area contributed by atoms with E-state index >= 15 is 0 Å². The Balaban J connectivity index is 1.29. The number of hydrogen-bond donors (Lipinski definition) is 1. The Morgan fingerprint density at radius 1 is 1.04 bits per heavy atom. The van der Waals surface area contributed by atoms with Gasteiger partial charge in [0.25, 0.3) is 0 Å². The number of nitrogens with zero attached hydrogens (tertiary/aromatic N) is 2. The van der Waals surface area contributed by atoms with E-state index < -0.39 is 0 Å². The number of urea groups is 1. The summed E-state index contributed by atoms with van der Waals surface area (Å²) in [7, 11) is 0. The number of aryl methyl sites for hydroxylation is 1. The Labute approximate surface area is 155 Å². The molecule has 136 valence electrons. The number of amides is 2. The van der Waals surface area contributed by atoms with E-state index in [1.54, 1.807) is 0 Å². The molecule has 0 unspecified atom stereocenters. The van der Waals surface area contributed by atoms with Crippen LogP contribution in [0.4, 0.5) is 10.5 Å². The van der Waals surface area contributed by atoms with Crippen molar-refractivity contribution in [2.45, 2.75) is 38.8 Å². The Morgan fingerprint density at radius 2 is 1.77 bits per heavy atom. The molecule has 0 saturated carbocycles. The lowest BCUT2D eigenvalue weighted by Crippen LogP contribution is -2.48. The van der Waals surface area contributed by atoms with Gasteiger partial charge in [0.1, 0.15) is 0 Å². The predicted molar refractivity (Wildman–Crippen MR) is 106 cm³/mol. The highest BCUT2D eigenvalue weighted by molar-refractivity contribution is 5.94. The first-order valence-electron chi connectivity index (χ1n) is 9.63. The Kier molecular flexibility index (Phi) is 4.93. The number of hydrogen-bond acceptors (Lipinski definition) is 2. The van der Waals surface area contributed by atoms with E-state index in [1.165, 1.54) is 16.7 Å². The van der Waals surface area contributed by atoms with E-state index in [9.17, 15) is 4.79 Å². The first-order chi connectivity index (χ1) is 12.7. The van der Waals surface area contributed by atoms with Gasteiger partial charge in [0.2, 0.25) is 0 Å². The third-order valence-corrected chi connectivity index (χ3v) is 5.70. The van der Waals surface area contributed by atoms with Gasteiger partial charge in [0.05, 0.1) is 0 Å². The maximum Gasteiger partial charge on any atom is 0.322 e. The van der Waals surface area contributed by atoms with Gasteiger partial charge >= 0.3 is 6.03 Å². The minimum Gasteiger partial charge on any atom is -0.335 e. The molecule has 4 rings (SSSR count). The van der Waals surface area contributed by atoms with Gasteiger partial charge in [-0.05, 0) is 48.9 Å². The Hall–Kier alpha value is -2.33. The van der Waals surface area contributed by atoms with Crippen molar-refractivity contribution in [1.82, 2.24) is 10.2 Å². The molecule has 1 fully saturated rings. The van der Waals surface area contributed by atoms with Crippen LogP contribution in [0.3, 0.4) is 0 Å². The second-order valence-electron chi connectivity index (χ2n) is 7.46. The number of fused-ring (bicyclic) bond motifs is 1. The summed E-state index contributed by atoms with van der Waals surface area (Å²) in [6.07, 6.45) is 3.00. The molecule has 4 nitrogen and oxygen atoms in total. The lowest BCUT2D eigenvalue weighted by Gasteiger charge is -2.33. The van der Waals surface area contributed by atoms with E-state index in [1.807, 2.05) is 23.1 Å². The largest absolute Gasteiger partial charge is 0.335 e. The molecule has 0 atom stereocenters. The molecule has 2 heterocycles. The number of carbonyl (C=O) groups is 1. The number of likely N-dealkylation sites (tertiary alicyclic amines) is 1. The van der Waals surface area contributed by atoms with Gasteiger partial charge in [-0.2, -0.15) is 0 Å². The van der Waals surface area contributed by atoms with Crippen molar-refractivity contribution in [3.05, 3.63) is 65.2 Å². The SMILES string of the molecule is Cc1ccccc1CN1CCC(NC(=O)N2CCc3ccccc32)CC1. The van der Waals surface area contributed by atoms with Crippen LogP contribution in [0.2, 0.25) is 0 Å². The predicted octanol–water partition coefficient (Wildman–Crippen LogP) is 3.73. The summed E-state index contributed by atoms with van der Waals surface area (Å²) in [6, 6.07) is 17.2. The number of nitrogens with one attached hydrogen (secondary N) is 1. The molecule has 4 heteroatoms. The van der Waals surface area contributed by atoms with Gasteiger partial charge in [0, 0.05) is 37.9 Å². The highest BCUT2D eigenvalue weighted by Crippen LogP contribution is 2.27. The molecule has 0 spiro atoms. The Bertz CT molecular complexity index is 780. The number of benzene rings is 2. The fourth-order valence-corrected chi connectivity index (χ4v) is 4.07. The molecule has 1 saturated heterocycles. The molecule has 0 aliphatic carbocycles. The first-order valence-corrected chi connectivity index (χ1v) is 9.63. The molecule has 2 aliphatic rings. The van der Waals surface area contributed by atoms with Crippen molar-refractivity contribution >= 4 is 11.7 Å². The fraction of sp³-hybridized carbons (Fsp3) is 0.409. The quantitative estimate of drug-likeness (QED) is 0.916. The van der Waals surface area contributed by atoms with Gasteiger partial charge in [-0.15, -0.1) is 0 Å². The van der Waals surface area contributed by atoms with E-state index in [2.05, 4.69) is 47.5 Å². The van der Waals surface area contributed by atoms with Gasteiger partial charge in [-0.3, -0.25) is 9.80 Å². The number of anilines is 1. The summed E-state index contributed by atoms with van der Waals surface area (Å²) in [5, 5.41) is 3.26.